The Morgan fingerprint density at radius 1 is 0.902 bits per heavy atom. The van der Waals surface area contributed by atoms with Crippen molar-refractivity contribution in [2.75, 3.05) is 52.9 Å². The molecule has 0 saturated heterocycles. The van der Waals surface area contributed by atoms with Crippen molar-refractivity contribution >= 4 is 29.0 Å². The van der Waals surface area contributed by atoms with E-state index in [2.05, 4.69) is 5.32 Å². The van der Waals surface area contributed by atoms with Gasteiger partial charge < -0.3 is 29.3 Å². The maximum absolute atomic E-state index is 13.6. The Bertz CT molecular complexity index is 1300. The van der Waals surface area contributed by atoms with Gasteiger partial charge in [-0.05, 0) is 67.4 Å². The van der Waals surface area contributed by atoms with Gasteiger partial charge in [-0.3, -0.25) is 4.79 Å². The van der Waals surface area contributed by atoms with Crippen LogP contribution < -0.4 is 14.8 Å². The van der Waals surface area contributed by atoms with E-state index < -0.39 is 17.8 Å². The minimum Gasteiger partial charge on any atom is -0.493 e. The van der Waals surface area contributed by atoms with Gasteiger partial charge in [-0.1, -0.05) is 6.07 Å². The van der Waals surface area contributed by atoms with Gasteiger partial charge in [-0.15, -0.1) is 11.3 Å². The zero-order chi connectivity index (χ0) is 30.0. The Morgan fingerprint density at radius 2 is 1.61 bits per heavy atom. The number of halogens is 3. The molecule has 2 aromatic carbocycles. The molecule has 1 heterocycles. The molecule has 8 nitrogen and oxygen atoms in total. The van der Waals surface area contributed by atoms with Crippen molar-refractivity contribution in [3.63, 3.8) is 0 Å². The number of nitrogens with one attached hydrogen (secondary N) is 1. The highest BCUT2D eigenvalue weighted by Gasteiger charge is 2.30. The van der Waals surface area contributed by atoms with E-state index in [1.165, 1.54) is 24.1 Å². The Morgan fingerprint density at radius 3 is 2.20 bits per heavy atom. The van der Waals surface area contributed by atoms with Gasteiger partial charge in [-0.2, -0.15) is 13.2 Å². The lowest BCUT2D eigenvalue weighted by atomic mass is 10.1. The van der Waals surface area contributed by atoms with Crippen LogP contribution in [0.3, 0.4) is 0 Å². The van der Waals surface area contributed by atoms with Crippen molar-refractivity contribution in [2.45, 2.75) is 26.1 Å². The van der Waals surface area contributed by atoms with Crippen molar-refractivity contribution in [1.29, 1.82) is 0 Å². The van der Waals surface area contributed by atoms with E-state index in [4.69, 9.17) is 14.2 Å². The molecule has 0 aliphatic heterocycles. The number of ether oxygens (including phenoxy) is 3. The topological polar surface area (TPSA) is 80.3 Å². The molecule has 0 unspecified atom stereocenters. The van der Waals surface area contributed by atoms with E-state index in [1.54, 1.807) is 36.5 Å². The van der Waals surface area contributed by atoms with Crippen molar-refractivity contribution in [3.05, 3.63) is 75.5 Å². The first-order valence-corrected chi connectivity index (χ1v) is 13.6. The summed E-state index contributed by atoms with van der Waals surface area (Å²) in [6.45, 7) is 2.77. The SMILES string of the molecule is COCCN(CC(=O)N(CCc1ccc(OC)c(OC)c1)Cc1ccc(C)s1)C(=O)Nc1ccc(C(F)(F)F)cc1. The van der Waals surface area contributed by atoms with E-state index in [1.807, 2.05) is 31.2 Å². The van der Waals surface area contributed by atoms with Crippen LogP contribution in [0.4, 0.5) is 23.7 Å². The Hall–Kier alpha value is -3.77. The molecule has 3 aromatic rings. The smallest absolute Gasteiger partial charge is 0.416 e. The summed E-state index contributed by atoms with van der Waals surface area (Å²) in [5.41, 5.74) is 0.298. The second-order valence-electron chi connectivity index (χ2n) is 9.19. The lowest BCUT2D eigenvalue weighted by Gasteiger charge is -2.28. The summed E-state index contributed by atoms with van der Waals surface area (Å²) in [6.07, 6.45) is -3.95. The number of carbonyl (C=O) groups excluding carboxylic acids is 2. The standard InChI is InChI=1S/C29H34F3N3O5S/c1-20-5-11-24(41-20)18-34(14-13-21-6-12-25(39-3)26(17-21)40-4)27(36)19-35(15-16-38-2)28(37)33-23-9-7-22(8-10-23)29(30,31)32/h5-12,17H,13-16,18-19H2,1-4H3,(H,33,37). The fourth-order valence-corrected chi connectivity index (χ4v) is 4.92. The quantitative estimate of drug-likeness (QED) is 0.269. The molecule has 0 atom stereocenters. The Balaban J connectivity index is 1.75. The van der Waals surface area contributed by atoms with E-state index in [9.17, 15) is 22.8 Å². The maximum atomic E-state index is 13.6. The minimum atomic E-state index is -4.49. The summed E-state index contributed by atoms with van der Waals surface area (Å²) >= 11 is 1.59. The molecule has 41 heavy (non-hydrogen) atoms. The number of alkyl halides is 3. The van der Waals surface area contributed by atoms with Gasteiger partial charge in [0.05, 0.1) is 32.9 Å². The van der Waals surface area contributed by atoms with Crippen LogP contribution in [0.15, 0.2) is 54.6 Å². The first kappa shape index (κ1) is 31.8. The van der Waals surface area contributed by atoms with Crippen LogP contribution in [0.1, 0.15) is 20.9 Å². The number of methoxy groups -OCH3 is 3. The third kappa shape index (κ3) is 9.39. The summed E-state index contributed by atoms with van der Waals surface area (Å²) in [6, 6.07) is 13.0. The Kier molecular flexibility index (Phi) is 11.4. The molecule has 0 saturated carbocycles. The van der Waals surface area contributed by atoms with E-state index in [0.29, 0.717) is 31.0 Å². The molecule has 0 spiro atoms. The molecule has 12 heteroatoms. The monoisotopic (exact) mass is 593 g/mol. The van der Waals surface area contributed by atoms with Crippen LogP contribution in [0.2, 0.25) is 0 Å². The summed E-state index contributed by atoms with van der Waals surface area (Å²) in [5, 5.41) is 2.58. The first-order valence-electron chi connectivity index (χ1n) is 12.8. The highest BCUT2D eigenvalue weighted by Crippen LogP contribution is 2.30. The fourth-order valence-electron chi connectivity index (χ4n) is 4.01. The summed E-state index contributed by atoms with van der Waals surface area (Å²) in [4.78, 5) is 31.7. The number of thiophene rings is 1. The lowest BCUT2D eigenvalue weighted by molar-refractivity contribution is -0.137. The van der Waals surface area contributed by atoms with Gasteiger partial charge in [0.1, 0.15) is 6.54 Å². The molecule has 0 bridgehead atoms. The van der Waals surface area contributed by atoms with Gasteiger partial charge in [0.15, 0.2) is 11.5 Å². The molecular weight excluding hydrogens is 559 g/mol. The van der Waals surface area contributed by atoms with Crippen LogP contribution in [-0.4, -0.2) is 69.3 Å². The maximum Gasteiger partial charge on any atom is 0.416 e. The van der Waals surface area contributed by atoms with Crippen LogP contribution >= 0.6 is 11.3 Å². The number of anilines is 1. The number of rotatable bonds is 13. The van der Waals surface area contributed by atoms with Gasteiger partial charge in [0, 0.05) is 35.6 Å². The molecule has 0 fully saturated rings. The summed E-state index contributed by atoms with van der Waals surface area (Å²) in [7, 11) is 4.59. The summed E-state index contributed by atoms with van der Waals surface area (Å²) in [5.74, 6) is 0.906. The van der Waals surface area contributed by atoms with E-state index in [0.717, 1.165) is 27.5 Å². The van der Waals surface area contributed by atoms with Gasteiger partial charge in [-0.25, -0.2) is 4.79 Å². The number of aryl methyl sites for hydroxylation is 1. The van der Waals surface area contributed by atoms with Crippen LogP contribution in [0, 0.1) is 6.92 Å². The second-order valence-corrected chi connectivity index (χ2v) is 10.6. The number of hydrogen-bond acceptors (Lipinski definition) is 6. The van der Waals surface area contributed by atoms with Crippen LogP contribution in [-0.2, 0) is 28.7 Å². The molecular formula is C29H34F3N3O5S. The Labute approximate surface area is 241 Å². The van der Waals surface area contributed by atoms with Crippen LogP contribution in [0.5, 0.6) is 11.5 Å². The zero-order valence-electron chi connectivity index (χ0n) is 23.4. The van der Waals surface area contributed by atoms with Gasteiger partial charge in [0.2, 0.25) is 5.91 Å². The van der Waals surface area contributed by atoms with Gasteiger partial charge in [0.25, 0.3) is 0 Å². The lowest BCUT2D eigenvalue weighted by Crippen LogP contribution is -2.46. The molecule has 0 aliphatic rings. The predicted octanol–water partition coefficient (Wildman–Crippen LogP) is 5.84. The molecule has 222 valence electrons. The zero-order valence-corrected chi connectivity index (χ0v) is 24.2. The largest absolute Gasteiger partial charge is 0.493 e. The molecule has 1 aromatic heterocycles. The molecule has 0 aliphatic carbocycles. The van der Waals surface area contributed by atoms with E-state index >= 15 is 0 Å². The molecule has 3 amide bonds. The average molecular weight is 594 g/mol. The second kappa shape index (κ2) is 14.7. The first-order chi connectivity index (χ1) is 19.5. The molecule has 3 rings (SSSR count). The predicted molar refractivity (Wildman–Crippen MR) is 152 cm³/mol. The highest BCUT2D eigenvalue weighted by molar-refractivity contribution is 7.11. The van der Waals surface area contributed by atoms with Gasteiger partial charge >= 0.3 is 12.2 Å². The number of amides is 3. The van der Waals surface area contributed by atoms with Crippen molar-refractivity contribution < 1.29 is 37.0 Å². The van der Waals surface area contributed by atoms with Crippen LogP contribution in [0.25, 0.3) is 0 Å². The van der Waals surface area contributed by atoms with Crippen molar-refractivity contribution in [1.82, 2.24) is 9.80 Å². The number of carbonyl (C=O) groups is 2. The van der Waals surface area contributed by atoms with Crippen molar-refractivity contribution in [2.24, 2.45) is 0 Å². The third-order valence-electron chi connectivity index (χ3n) is 6.26. The third-order valence-corrected chi connectivity index (χ3v) is 7.24. The molecule has 1 N–H and O–H groups in total. The van der Waals surface area contributed by atoms with Crippen molar-refractivity contribution in [3.8, 4) is 11.5 Å². The number of hydrogen-bond donors (Lipinski definition) is 1. The number of benzene rings is 2. The fraction of sp³-hybridized carbons (Fsp3) is 0.379. The highest BCUT2D eigenvalue weighted by atomic mass is 32.1. The normalized spacial score (nSPS) is 11.2. The molecule has 0 radical (unpaired) electrons. The number of urea groups is 1. The summed E-state index contributed by atoms with van der Waals surface area (Å²) < 4.78 is 54.5. The van der Waals surface area contributed by atoms with E-state index in [-0.39, 0.29) is 31.3 Å². The average Bonchev–Trinajstić information content (AvgIpc) is 3.36. The minimum absolute atomic E-state index is 0.107. The number of nitrogens with zero attached hydrogens (tertiary/aromatic N) is 2.